The van der Waals surface area contributed by atoms with Gasteiger partial charge in [-0.3, -0.25) is 9.69 Å². The molecule has 0 aliphatic carbocycles. The van der Waals surface area contributed by atoms with E-state index in [1.165, 1.54) is 18.7 Å². The Hall–Kier alpha value is -3.01. The van der Waals surface area contributed by atoms with Gasteiger partial charge in [0.25, 0.3) is 0 Å². The van der Waals surface area contributed by atoms with Crippen LogP contribution in [0.5, 0.6) is 0 Å². The zero-order chi connectivity index (χ0) is 23.6. The van der Waals surface area contributed by atoms with E-state index in [-0.39, 0.29) is 37.4 Å². The smallest absolute Gasteiger partial charge is 0.333 e. The minimum absolute atomic E-state index is 0.159. The van der Waals surface area contributed by atoms with Gasteiger partial charge in [-0.1, -0.05) is 43.5 Å². The van der Waals surface area contributed by atoms with Crippen molar-refractivity contribution >= 4 is 17.9 Å². The Kier molecular flexibility index (Phi) is 10.6. The van der Waals surface area contributed by atoms with Gasteiger partial charge in [0.05, 0.1) is 0 Å². The van der Waals surface area contributed by atoms with Crippen LogP contribution in [0.25, 0.3) is 0 Å². The molecule has 0 radical (unpaired) electrons. The number of aliphatic hydroxyl groups is 2. The maximum absolute atomic E-state index is 12.0. The minimum Gasteiger partial charge on any atom is -0.480 e. The molecule has 31 heavy (non-hydrogen) atoms. The average Bonchev–Trinajstić information content (AvgIpc) is 2.70. The van der Waals surface area contributed by atoms with Crippen LogP contribution in [0.2, 0.25) is 0 Å². The lowest BCUT2D eigenvalue weighted by Crippen LogP contribution is -2.45. The molecular formula is C22H29NO8. The predicted octanol–water partition coefficient (Wildman–Crippen LogP) is 1.07. The van der Waals surface area contributed by atoms with Crippen molar-refractivity contribution in [3.8, 4) is 0 Å². The van der Waals surface area contributed by atoms with Crippen molar-refractivity contribution < 1.29 is 39.2 Å². The van der Waals surface area contributed by atoms with Crippen molar-refractivity contribution in [2.24, 2.45) is 0 Å². The Balaban J connectivity index is 2.98. The van der Waals surface area contributed by atoms with Gasteiger partial charge in [0.1, 0.15) is 31.5 Å². The summed E-state index contributed by atoms with van der Waals surface area (Å²) >= 11 is 0. The van der Waals surface area contributed by atoms with E-state index in [0.29, 0.717) is 5.56 Å². The molecule has 0 spiro atoms. The summed E-state index contributed by atoms with van der Waals surface area (Å²) in [7, 11) is 0. The zero-order valence-electron chi connectivity index (χ0n) is 17.7. The van der Waals surface area contributed by atoms with E-state index in [1.54, 1.807) is 30.3 Å². The third kappa shape index (κ3) is 9.12. The molecule has 9 heteroatoms. The lowest BCUT2D eigenvalue weighted by Gasteiger charge is -2.32. The normalized spacial score (nSPS) is 13.7. The number of aliphatic hydroxyl groups excluding tert-OH is 2. The van der Waals surface area contributed by atoms with Gasteiger partial charge in [-0.15, -0.1) is 0 Å². The number of benzene rings is 1. The summed E-state index contributed by atoms with van der Waals surface area (Å²) in [6, 6.07) is 7.06. The van der Waals surface area contributed by atoms with E-state index in [4.69, 9.17) is 9.47 Å². The number of carboxylic acid groups (broad SMARTS) is 1. The first-order chi connectivity index (χ1) is 14.5. The van der Waals surface area contributed by atoms with Gasteiger partial charge in [0.2, 0.25) is 0 Å². The highest BCUT2D eigenvalue weighted by Crippen LogP contribution is 2.22. The number of hydrogen-bond donors (Lipinski definition) is 3. The first-order valence-corrected chi connectivity index (χ1v) is 9.56. The molecule has 0 saturated heterocycles. The quantitative estimate of drug-likeness (QED) is 0.307. The van der Waals surface area contributed by atoms with Gasteiger partial charge in [0, 0.05) is 24.2 Å². The van der Waals surface area contributed by atoms with Crippen LogP contribution in [-0.2, 0) is 23.9 Å². The van der Waals surface area contributed by atoms with Crippen molar-refractivity contribution in [2.45, 2.75) is 32.1 Å². The molecule has 1 aromatic carbocycles. The van der Waals surface area contributed by atoms with Crippen molar-refractivity contribution in [3.63, 3.8) is 0 Å². The summed E-state index contributed by atoms with van der Waals surface area (Å²) in [6.07, 6.45) is -2.47. The van der Waals surface area contributed by atoms with Crippen LogP contribution in [0.4, 0.5) is 0 Å². The van der Waals surface area contributed by atoms with Gasteiger partial charge >= 0.3 is 17.9 Å². The number of carbonyl (C=O) groups is 3. The highest BCUT2D eigenvalue weighted by Gasteiger charge is 2.31. The molecule has 0 aliphatic rings. The van der Waals surface area contributed by atoms with Crippen LogP contribution in [0, 0.1) is 0 Å². The fourth-order valence-electron chi connectivity index (χ4n) is 2.67. The number of nitrogens with zero attached hydrogens (tertiary/aromatic N) is 1. The molecule has 1 aromatic rings. The largest absolute Gasteiger partial charge is 0.480 e. The predicted molar refractivity (Wildman–Crippen MR) is 112 cm³/mol. The number of ether oxygens (including phenoxy) is 2. The maximum Gasteiger partial charge on any atom is 0.333 e. The van der Waals surface area contributed by atoms with Gasteiger partial charge in [-0.25, -0.2) is 9.59 Å². The molecule has 0 bridgehead atoms. The summed E-state index contributed by atoms with van der Waals surface area (Å²) in [6.45, 7) is 8.57. The third-order valence-corrected chi connectivity index (χ3v) is 4.12. The van der Waals surface area contributed by atoms with Crippen molar-refractivity contribution in [1.29, 1.82) is 0 Å². The fraction of sp³-hybridized carbons (Fsp3) is 0.409. The zero-order valence-corrected chi connectivity index (χ0v) is 17.7. The van der Waals surface area contributed by atoms with Gasteiger partial charge < -0.3 is 24.8 Å². The van der Waals surface area contributed by atoms with Gasteiger partial charge in [0.15, 0.2) is 0 Å². The molecule has 3 N–H and O–H groups in total. The summed E-state index contributed by atoms with van der Waals surface area (Å²) in [5, 5.41) is 30.4. The molecular weight excluding hydrogens is 406 g/mol. The van der Waals surface area contributed by atoms with Crippen LogP contribution in [0.3, 0.4) is 0 Å². The van der Waals surface area contributed by atoms with E-state index in [2.05, 4.69) is 13.2 Å². The van der Waals surface area contributed by atoms with E-state index in [1.807, 2.05) is 0 Å². The first-order valence-electron chi connectivity index (χ1n) is 9.56. The second-order valence-electron chi connectivity index (χ2n) is 7.17. The second-order valence-corrected chi connectivity index (χ2v) is 7.17. The van der Waals surface area contributed by atoms with E-state index in [0.717, 1.165) is 0 Å². The Morgan fingerprint density at radius 3 is 1.68 bits per heavy atom. The van der Waals surface area contributed by atoms with Gasteiger partial charge in [-0.05, 0) is 19.4 Å². The molecule has 0 heterocycles. The number of carboxylic acids is 1. The van der Waals surface area contributed by atoms with Crippen LogP contribution >= 0.6 is 0 Å². The average molecular weight is 435 g/mol. The molecule has 170 valence electrons. The van der Waals surface area contributed by atoms with E-state index >= 15 is 0 Å². The van der Waals surface area contributed by atoms with E-state index < -0.39 is 36.2 Å². The highest BCUT2D eigenvalue weighted by atomic mass is 16.5. The van der Waals surface area contributed by atoms with Crippen molar-refractivity contribution in [2.75, 3.05) is 26.3 Å². The Morgan fingerprint density at radius 1 is 0.903 bits per heavy atom. The molecule has 3 atom stereocenters. The third-order valence-electron chi connectivity index (χ3n) is 4.12. The van der Waals surface area contributed by atoms with Crippen LogP contribution in [0.15, 0.2) is 54.6 Å². The standard InChI is InChI=1S/C22H29NO8/c1-14(2)21(28)30-12-17(24)10-23(11-18(25)13-31-22(29)15(3)4)19(20(26)27)16-8-6-5-7-9-16/h5-9,17-19,24-25H,1,3,10-13H2,2,4H3,(H,26,27). The summed E-state index contributed by atoms with van der Waals surface area (Å²) in [5.74, 6) is -2.58. The molecule has 0 aliphatic heterocycles. The fourth-order valence-corrected chi connectivity index (χ4v) is 2.67. The van der Waals surface area contributed by atoms with Crippen molar-refractivity contribution in [3.05, 3.63) is 60.2 Å². The molecule has 0 aromatic heterocycles. The first kappa shape index (κ1) is 26.0. The Labute approximate surface area is 181 Å². The highest BCUT2D eigenvalue weighted by molar-refractivity contribution is 5.87. The number of aliphatic carboxylic acids is 1. The summed E-state index contributed by atoms with van der Waals surface area (Å²) < 4.78 is 9.84. The topological polar surface area (TPSA) is 134 Å². The molecule has 0 fully saturated rings. The van der Waals surface area contributed by atoms with Gasteiger partial charge in [-0.2, -0.15) is 0 Å². The van der Waals surface area contributed by atoms with Crippen molar-refractivity contribution in [1.82, 2.24) is 4.90 Å². The number of esters is 2. The summed E-state index contributed by atoms with van der Waals surface area (Å²) in [4.78, 5) is 36.4. The Bertz CT molecular complexity index is 754. The summed E-state index contributed by atoms with van der Waals surface area (Å²) in [5.41, 5.74) is 0.741. The molecule has 9 nitrogen and oxygen atoms in total. The second kappa shape index (κ2) is 12.6. The molecule has 0 saturated carbocycles. The van der Waals surface area contributed by atoms with Crippen LogP contribution < -0.4 is 0 Å². The van der Waals surface area contributed by atoms with E-state index in [9.17, 15) is 29.7 Å². The monoisotopic (exact) mass is 435 g/mol. The number of hydrogen-bond acceptors (Lipinski definition) is 8. The lowest BCUT2D eigenvalue weighted by molar-refractivity contribution is -0.149. The Morgan fingerprint density at radius 2 is 1.32 bits per heavy atom. The minimum atomic E-state index is -1.24. The SMILES string of the molecule is C=C(C)C(=O)OCC(O)CN(CC(O)COC(=O)C(=C)C)C(C(=O)O)c1ccccc1. The van der Waals surface area contributed by atoms with Crippen LogP contribution in [-0.4, -0.2) is 76.6 Å². The number of rotatable bonds is 13. The maximum atomic E-state index is 12.0. The van der Waals surface area contributed by atoms with Crippen LogP contribution in [0.1, 0.15) is 25.5 Å². The molecule has 3 unspecified atom stereocenters. The molecule has 0 amide bonds. The molecule has 1 rings (SSSR count). The lowest BCUT2D eigenvalue weighted by atomic mass is 10.0. The number of carbonyl (C=O) groups excluding carboxylic acids is 2.